The number of hydrogen-bond acceptors (Lipinski definition) is 3. The maximum Gasteiger partial charge on any atom is 0.228 e. The van der Waals surface area contributed by atoms with E-state index in [0.29, 0.717) is 6.42 Å². The summed E-state index contributed by atoms with van der Waals surface area (Å²) in [5.41, 5.74) is 2.66. The normalized spacial score (nSPS) is 10.7. The number of fused-ring (bicyclic) bond motifs is 1. The summed E-state index contributed by atoms with van der Waals surface area (Å²) in [4.78, 5) is 16.0. The molecule has 1 amide bonds. The molecule has 0 aliphatic heterocycles. The Hall–Kier alpha value is -2.69. The lowest BCUT2D eigenvalue weighted by molar-refractivity contribution is -0.115. The first-order chi connectivity index (χ1) is 9.72. The third-order valence-corrected chi connectivity index (χ3v) is 3.12. The summed E-state index contributed by atoms with van der Waals surface area (Å²) in [6.45, 7) is 0. The minimum atomic E-state index is -0.0560. The maximum atomic E-state index is 12.0. The molecule has 3 aromatic rings. The maximum absolute atomic E-state index is 12.0. The Morgan fingerprint density at radius 3 is 3.00 bits per heavy atom. The van der Waals surface area contributed by atoms with E-state index in [1.165, 1.54) is 0 Å². The summed E-state index contributed by atoms with van der Waals surface area (Å²) in [6, 6.07) is 9.46. The number of nitrogens with zero attached hydrogens (tertiary/aromatic N) is 3. The van der Waals surface area contributed by atoms with E-state index in [-0.39, 0.29) is 5.91 Å². The molecular weight excluding hydrogens is 252 g/mol. The van der Waals surface area contributed by atoms with Crippen LogP contribution in [-0.2, 0) is 18.3 Å². The second-order valence-corrected chi connectivity index (χ2v) is 4.63. The average Bonchev–Trinajstić information content (AvgIpc) is 2.81. The lowest BCUT2D eigenvalue weighted by Crippen LogP contribution is -2.14. The Bertz CT molecular complexity index is 749. The van der Waals surface area contributed by atoms with Gasteiger partial charge in [-0.15, -0.1) is 0 Å². The fourth-order valence-corrected chi connectivity index (χ4v) is 2.12. The summed E-state index contributed by atoms with van der Waals surface area (Å²) in [5.74, 6) is -0.0560. The zero-order valence-electron chi connectivity index (χ0n) is 11.1. The number of aryl methyl sites for hydroxylation is 1. The van der Waals surface area contributed by atoms with Gasteiger partial charge in [0.1, 0.15) is 0 Å². The number of aromatic nitrogens is 3. The molecule has 100 valence electrons. The van der Waals surface area contributed by atoms with Crippen LogP contribution in [0.5, 0.6) is 0 Å². The summed E-state index contributed by atoms with van der Waals surface area (Å²) < 4.78 is 1.78. The first kappa shape index (κ1) is 12.3. The van der Waals surface area contributed by atoms with Gasteiger partial charge in [0, 0.05) is 30.5 Å². The fraction of sp³-hybridized carbons (Fsp3) is 0.133. The van der Waals surface area contributed by atoms with Gasteiger partial charge >= 0.3 is 0 Å². The Labute approximate surface area is 116 Å². The molecule has 0 atom stereocenters. The van der Waals surface area contributed by atoms with Gasteiger partial charge in [0.05, 0.1) is 18.1 Å². The second-order valence-electron chi connectivity index (χ2n) is 4.63. The van der Waals surface area contributed by atoms with Crippen LogP contribution in [0.1, 0.15) is 5.56 Å². The highest BCUT2D eigenvalue weighted by Crippen LogP contribution is 2.18. The molecule has 2 aromatic heterocycles. The van der Waals surface area contributed by atoms with Crippen molar-refractivity contribution in [3.8, 4) is 0 Å². The molecule has 5 heteroatoms. The van der Waals surface area contributed by atoms with E-state index >= 15 is 0 Å². The van der Waals surface area contributed by atoms with Gasteiger partial charge in [-0.3, -0.25) is 14.5 Å². The summed E-state index contributed by atoms with van der Waals surface area (Å²) in [7, 11) is 1.88. The monoisotopic (exact) mass is 266 g/mol. The lowest BCUT2D eigenvalue weighted by atomic mass is 10.2. The molecule has 0 unspecified atom stereocenters. The molecule has 0 saturated carbocycles. The van der Waals surface area contributed by atoms with Crippen molar-refractivity contribution in [3.63, 3.8) is 0 Å². The third kappa shape index (κ3) is 2.51. The SMILES string of the molecule is Cn1ncc2ccc(NC(=O)Cc3cccnc3)cc21. The van der Waals surface area contributed by atoms with Gasteiger partial charge in [-0.1, -0.05) is 6.07 Å². The number of anilines is 1. The average molecular weight is 266 g/mol. The van der Waals surface area contributed by atoms with Crippen LogP contribution in [0.25, 0.3) is 10.9 Å². The number of pyridine rings is 1. The van der Waals surface area contributed by atoms with E-state index in [1.54, 1.807) is 23.3 Å². The molecule has 5 nitrogen and oxygen atoms in total. The molecule has 2 heterocycles. The molecule has 1 aromatic carbocycles. The predicted molar refractivity (Wildman–Crippen MR) is 77.3 cm³/mol. The van der Waals surface area contributed by atoms with Crippen LogP contribution in [0.4, 0.5) is 5.69 Å². The number of benzene rings is 1. The molecular formula is C15H14N4O. The number of hydrogen-bond donors (Lipinski definition) is 1. The number of carbonyl (C=O) groups is 1. The Morgan fingerprint density at radius 2 is 2.20 bits per heavy atom. The lowest BCUT2D eigenvalue weighted by Gasteiger charge is -2.05. The van der Waals surface area contributed by atoms with Crippen LogP contribution >= 0.6 is 0 Å². The van der Waals surface area contributed by atoms with Crippen molar-refractivity contribution in [2.45, 2.75) is 6.42 Å². The highest BCUT2D eigenvalue weighted by molar-refractivity contribution is 5.94. The standard InChI is InChI=1S/C15H14N4O/c1-19-14-8-13(5-4-12(14)10-17-19)18-15(20)7-11-3-2-6-16-9-11/h2-6,8-10H,7H2,1H3,(H,18,20). The Balaban J connectivity index is 1.75. The number of rotatable bonds is 3. The first-order valence-corrected chi connectivity index (χ1v) is 6.33. The van der Waals surface area contributed by atoms with Gasteiger partial charge in [-0.05, 0) is 29.8 Å². The van der Waals surface area contributed by atoms with Gasteiger partial charge in [-0.25, -0.2) is 0 Å². The van der Waals surface area contributed by atoms with Crippen LogP contribution in [0, 0.1) is 0 Å². The topological polar surface area (TPSA) is 59.8 Å². The Morgan fingerprint density at radius 1 is 1.30 bits per heavy atom. The molecule has 0 radical (unpaired) electrons. The highest BCUT2D eigenvalue weighted by Gasteiger charge is 2.06. The van der Waals surface area contributed by atoms with Crippen LogP contribution in [0.3, 0.4) is 0 Å². The smallest absolute Gasteiger partial charge is 0.228 e. The quantitative estimate of drug-likeness (QED) is 0.790. The highest BCUT2D eigenvalue weighted by atomic mass is 16.1. The summed E-state index contributed by atoms with van der Waals surface area (Å²) in [5, 5.41) is 8.12. The fourth-order valence-electron chi connectivity index (χ4n) is 2.12. The van der Waals surface area contributed by atoms with Crippen molar-refractivity contribution in [2.75, 3.05) is 5.32 Å². The van der Waals surface area contributed by atoms with Crippen LogP contribution in [0.15, 0.2) is 48.9 Å². The number of amides is 1. The van der Waals surface area contributed by atoms with Crippen molar-refractivity contribution >= 4 is 22.5 Å². The molecule has 20 heavy (non-hydrogen) atoms. The van der Waals surface area contributed by atoms with E-state index in [2.05, 4.69) is 15.4 Å². The molecule has 3 rings (SSSR count). The molecule has 0 spiro atoms. The van der Waals surface area contributed by atoms with Crippen LogP contribution in [-0.4, -0.2) is 20.7 Å². The van der Waals surface area contributed by atoms with Gasteiger partial charge in [0.25, 0.3) is 0 Å². The zero-order chi connectivity index (χ0) is 13.9. The first-order valence-electron chi connectivity index (χ1n) is 6.33. The molecule has 0 saturated heterocycles. The number of nitrogens with one attached hydrogen (secondary N) is 1. The van der Waals surface area contributed by atoms with Crippen molar-refractivity contribution in [1.82, 2.24) is 14.8 Å². The second kappa shape index (κ2) is 5.13. The largest absolute Gasteiger partial charge is 0.326 e. The molecule has 0 aliphatic carbocycles. The van der Waals surface area contributed by atoms with Gasteiger partial charge < -0.3 is 5.32 Å². The molecule has 0 bridgehead atoms. The van der Waals surface area contributed by atoms with Crippen molar-refractivity contribution in [2.24, 2.45) is 7.05 Å². The van der Waals surface area contributed by atoms with Crippen LogP contribution in [0.2, 0.25) is 0 Å². The summed E-state index contributed by atoms with van der Waals surface area (Å²) >= 11 is 0. The van der Waals surface area contributed by atoms with Gasteiger partial charge in [0.2, 0.25) is 5.91 Å². The van der Waals surface area contributed by atoms with E-state index in [9.17, 15) is 4.79 Å². The predicted octanol–water partition coefficient (Wildman–Crippen LogP) is 2.15. The van der Waals surface area contributed by atoms with E-state index < -0.39 is 0 Å². The molecule has 1 N–H and O–H groups in total. The van der Waals surface area contributed by atoms with Crippen molar-refractivity contribution < 1.29 is 4.79 Å². The molecule has 0 fully saturated rings. The minimum Gasteiger partial charge on any atom is -0.326 e. The van der Waals surface area contributed by atoms with Gasteiger partial charge in [0.15, 0.2) is 0 Å². The van der Waals surface area contributed by atoms with E-state index in [1.807, 2.05) is 37.4 Å². The van der Waals surface area contributed by atoms with Crippen molar-refractivity contribution in [1.29, 1.82) is 0 Å². The van der Waals surface area contributed by atoms with E-state index in [0.717, 1.165) is 22.2 Å². The molecule has 0 aliphatic rings. The van der Waals surface area contributed by atoms with Crippen molar-refractivity contribution in [3.05, 3.63) is 54.5 Å². The zero-order valence-corrected chi connectivity index (χ0v) is 11.1. The summed E-state index contributed by atoms with van der Waals surface area (Å²) in [6.07, 6.45) is 5.51. The third-order valence-electron chi connectivity index (χ3n) is 3.12. The van der Waals surface area contributed by atoms with E-state index in [4.69, 9.17) is 0 Å². The van der Waals surface area contributed by atoms with Crippen LogP contribution < -0.4 is 5.32 Å². The van der Waals surface area contributed by atoms with Gasteiger partial charge in [-0.2, -0.15) is 5.10 Å². The minimum absolute atomic E-state index is 0.0560. The Kier molecular flexibility index (Phi) is 3.16. The number of carbonyl (C=O) groups excluding carboxylic acids is 1.